The smallest absolute Gasteiger partial charge is 0.0703 e. The molecule has 3 nitrogen and oxygen atoms in total. The standard InChI is InChI=1S/C15H20N2OS/c1-11(2)13-8-12-9-14(17(3)19(4,5)18)6-7-15(12)16-10-13/h6-11H,4H2,1-3,5H3. The molecule has 1 atom stereocenters. The van der Waals surface area contributed by atoms with Crippen LogP contribution in [0, 0.1) is 0 Å². The van der Waals surface area contributed by atoms with Gasteiger partial charge in [-0.05, 0) is 41.6 Å². The van der Waals surface area contributed by atoms with E-state index in [1.165, 1.54) is 5.56 Å². The zero-order valence-corrected chi connectivity index (χ0v) is 12.7. The van der Waals surface area contributed by atoms with Gasteiger partial charge in [-0.15, -0.1) is 0 Å². The largest absolute Gasteiger partial charge is 0.303 e. The normalized spacial score (nSPS) is 14.6. The van der Waals surface area contributed by atoms with Crippen molar-refractivity contribution >= 4 is 32.2 Å². The monoisotopic (exact) mass is 276 g/mol. The van der Waals surface area contributed by atoms with Gasteiger partial charge in [0.15, 0.2) is 0 Å². The molecule has 4 heteroatoms. The van der Waals surface area contributed by atoms with Crippen LogP contribution in [-0.4, -0.2) is 28.4 Å². The maximum Gasteiger partial charge on any atom is 0.0703 e. The first-order valence-electron chi connectivity index (χ1n) is 6.25. The maximum atomic E-state index is 12.0. The summed E-state index contributed by atoms with van der Waals surface area (Å²) in [6, 6.07) is 8.04. The number of fused-ring (bicyclic) bond motifs is 1. The fourth-order valence-electron chi connectivity index (χ4n) is 1.87. The topological polar surface area (TPSA) is 33.2 Å². The molecule has 0 saturated carbocycles. The summed E-state index contributed by atoms with van der Waals surface area (Å²) in [7, 11) is -0.436. The average molecular weight is 276 g/mol. The highest BCUT2D eigenvalue weighted by Crippen LogP contribution is 2.24. The minimum atomic E-state index is -2.24. The molecule has 1 aromatic carbocycles. The highest BCUT2D eigenvalue weighted by molar-refractivity contribution is 8.00. The van der Waals surface area contributed by atoms with E-state index < -0.39 is 9.71 Å². The van der Waals surface area contributed by atoms with E-state index in [1.807, 2.05) is 24.4 Å². The van der Waals surface area contributed by atoms with E-state index in [-0.39, 0.29) is 0 Å². The molecule has 1 heterocycles. The van der Waals surface area contributed by atoms with Gasteiger partial charge < -0.3 is 4.31 Å². The number of aromatic nitrogens is 1. The van der Waals surface area contributed by atoms with Gasteiger partial charge in [0.05, 0.1) is 5.52 Å². The number of rotatable bonds is 3. The summed E-state index contributed by atoms with van der Waals surface area (Å²) in [6.45, 7) is 4.29. The van der Waals surface area contributed by atoms with Crippen LogP contribution in [-0.2, 0) is 9.71 Å². The molecule has 1 aromatic heterocycles. The lowest BCUT2D eigenvalue weighted by Gasteiger charge is -2.21. The summed E-state index contributed by atoms with van der Waals surface area (Å²) in [5.41, 5.74) is 3.06. The van der Waals surface area contributed by atoms with E-state index in [1.54, 1.807) is 17.6 Å². The van der Waals surface area contributed by atoms with E-state index >= 15 is 0 Å². The van der Waals surface area contributed by atoms with Crippen LogP contribution < -0.4 is 4.31 Å². The van der Waals surface area contributed by atoms with Crippen molar-refractivity contribution in [2.75, 3.05) is 17.6 Å². The number of nitrogens with zero attached hydrogens (tertiary/aromatic N) is 2. The molecule has 1 unspecified atom stereocenters. The number of hydrogen-bond donors (Lipinski definition) is 0. The number of benzene rings is 1. The third kappa shape index (κ3) is 2.89. The van der Waals surface area contributed by atoms with Crippen molar-refractivity contribution < 1.29 is 4.21 Å². The Morgan fingerprint density at radius 3 is 2.58 bits per heavy atom. The first-order valence-corrected chi connectivity index (χ1v) is 8.34. The first kappa shape index (κ1) is 13.9. The minimum absolute atomic E-state index is 0.446. The molecule has 2 rings (SSSR count). The van der Waals surface area contributed by atoms with Crippen molar-refractivity contribution in [1.29, 1.82) is 0 Å². The molecule has 102 valence electrons. The molecule has 0 aliphatic carbocycles. The molecule has 0 amide bonds. The molecule has 0 aliphatic heterocycles. The van der Waals surface area contributed by atoms with E-state index in [0.29, 0.717) is 5.92 Å². The van der Waals surface area contributed by atoms with Crippen LogP contribution in [0.25, 0.3) is 10.9 Å². The van der Waals surface area contributed by atoms with Gasteiger partial charge in [-0.3, -0.25) is 4.98 Å². The van der Waals surface area contributed by atoms with Gasteiger partial charge >= 0.3 is 0 Å². The Hall–Kier alpha value is -1.55. The first-order chi connectivity index (χ1) is 8.79. The Bertz CT molecular complexity index is 705. The van der Waals surface area contributed by atoms with E-state index in [0.717, 1.165) is 16.6 Å². The van der Waals surface area contributed by atoms with Crippen molar-refractivity contribution in [3.63, 3.8) is 0 Å². The molecule has 0 spiro atoms. The second kappa shape index (κ2) is 4.85. The summed E-state index contributed by atoms with van der Waals surface area (Å²) < 4.78 is 13.7. The summed E-state index contributed by atoms with van der Waals surface area (Å²) in [5.74, 6) is 4.16. The second-order valence-corrected chi connectivity index (χ2v) is 7.72. The maximum absolute atomic E-state index is 12.0. The van der Waals surface area contributed by atoms with Gasteiger partial charge in [-0.25, -0.2) is 4.21 Å². The Morgan fingerprint density at radius 1 is 1.32 bits per heavy atom. The van der Waals surface area contributed by atoms with Gasteiger partial charge in [0.2, 0.25) is 0 Å². The minimum Gasteiger partial charge on any atom is -0.303 e. The number of anilines is 1. The van der Waals surface area contributed by atoms with Crippen LogP contribution >= 0.6 is 0 Å². The predicted molar refractivity (Wildman–Crippen MR) is 85.4 cm³/mol. The lowest BCUT2D eigenvalue weighted by Crippen LogP contribution is -2.24. The van der Waals surface area contributed by atoms with E-state index in [4.69, 9.17) is 0 Å². The fraction of sp³-hybridized carbons (Fsp3) is 0.333. The zero-order valence-electron chi connectivity index (χ0n) is 11.9. The SMILES string of the molecule is C=S(C)(=O)N(C)c1ccc2ncc(C(C)C)cc2c1. The molecule has 0 fully saturated rings. The summed E-state index contributed by atoms with van der Waals surface area (Å²) in [6.07, 6.45) is 3.56. The lowest BCUT2D eigenvalue weighted by molar-refractivity contribution is 0.684. The van der Waals surface area contributed by atoms with Crippen LogP contribution in [0.2, 0.25) is 0 Å². The zero-order chi connectivity index (χ0) is 14.2. The molecule has 0 bridgehead atoms. The molecular formula is C15H20N2OS. The third-order valence-corrected chi connectivity index (χ3v) is 4.67. The summed E-state index contributed by atoms with van der Waals surface area (Å²) in [4.78, 5) is 4.46. The van der Waals surface area contributed by atoms with Crippen LogP contribution in [0.1, 0.15) is 25.3 Å². The number of pyridine rings is 1. The van der Waals surface area contributed by atoms with Crippen molar-refractivity contribution in [2.24, 2.45) is 0 Å². The third-order valence-electron chi connectivity index (χ3n) is 3.30. The van der Waals surface area contributed by atoms with Crippen molar-refractivity contribution in [3.05, 3.63) is 36.0 Å². The second-order valence-electron chi connectivity index (χ2n) is 5.26. The highest BCUT2D eigenvalue weighted by Gasteiger charge is 2.08. The Balaban J connectivity index is 2.55. The fourth-order valence-corrected chi connectivity index (χ4v) is 2.43. The Kier molecular flexibility index (Phi) is 3.54. The highest BCUT2D eigenvalue weighted by atomic mass is 32.2. The Labute approximate surface area is 115 Å². The van der Waals surface area contributed by atoms with Crippen LogP contribution in [0.4, 0.5) is 5.69 Å². The Morgan fingerprint density at radius 2 is 2.00 bits per heavy atom. The van der Waals surface area contributed by atoms with Gasteiger partial charge in [0.25, 0.3) is 0 Å². The molecule has 2 aromatic rings. The average Bonchev–Trinajstić information content (AvgIpc) is 2.35. The van der Waals surface area contributed by atoms with Gasteiger partial charge in [0, 0.05) is 40.3 Å². The molecule has 0 radical (unpaired) electrons. The van der Waals surface area contributed by atoms with Gasteiger partial charge in [-0.1, -0.05) is 13.8 Å². The summed E-state index contributed by atoms with van der Waals surface area (Å²) >= 11 is 0. The van der Waals surface area contributed by atoms with E-state index in [2.05, 4.69) is 30.8 Å². The summed E-state index contributed by atoms with van der Waals surface area (Å²) in [5, 5.41) is 1.07. The molecule has 0 N–H and O–H groups in total. The van der Waals surface area contributed by atoms with E-state index in [9.17, 15) is 4.21 Å². The van der Waals surface area contributed by atoms with Crippen molar-refractivity contribution in [3.8, 4) is 0 Å². The number of hydrogen-bond acceptors (Lipinski definition) is 2. The van der Waals surface area contributed by atoms with Crippen LogP contribution in [0.3, 0.4) is 0 Å². The predicted octanol–water partition coefficient (Wildman–Crippen LogP) is 3.06. The van der Waals surface area contributed by atoms with Crippen LogP contribution in [0.15, 0.2) is 30.5 Å². The van der Waals surface area contributed by atoms with Gasteiger partial charge in [0.1, 0.15) is 0 Å². The van der Waals surface area contributed by atoms with Crippen LogP contribution in [0.5, 0.6) is 0 Å². The van der Waals surface area contributed by atoms with Gasteiger partial charge in [-0.2, -0.15) is 0 Å². The van der Waals surface area contributed by atoms with Crippen molar-refractivity contribution in [2.45, 2.75) is 19.8 Å². The lowest BCUT2D eigenvalue weighted by atomic mass is 10.0. The quantitative estimate of drug-likeness (QED) is 0.807. The molecule has 0 saturated heterocycles. The molecule has 19 heavy (non-hydrogen) atoms. The molecule has 0 aliphatic rings. The van der Waals surface area contributed by atoms with Crippen molar-refractivity contribution in [1.82, 2.24) is 4.98 Å². The molecular weight excluding hydrogens is 256 g/mol.